The maximum absolute atomic E-state index is 9.91. The fourth-order valence-corrected chi connectivity index (χ4v) is 2.44. The smallest absolute Gasteiger partial charge is 0.212 e. The average Bonchev–Trinajstić information content (AvgIpc) is 2.59. The third-order valence-electron chi connectivity index (χ3n) is 3.60. The maximum Gasteiger partial charge on any atom is 0.212 e. The summed E-state index contributed by atoms with van der Waals surface area (Å²) in [6, 6.07) is 11.9. The van der Waals surface area contributed by atoms with E-state index in [0.29, 0.717) is 18.3 Å². The number of nitrogens with one attached hydrogen (secondary N) is 1. The topological polar surface area (TPSA) is 54.5 Å². The molecule has 5 nitrogen and oxygen atoms in total. The quantitative estimate of drug-likeness (QED) is 0.845. The molecular weight excluding hydrogens is 326 g/mol. The summed E-state index contributed by atoms with van der Waals surface area (Å²) in [5, 5.41) is 5.18. The molecule has 1 atom stereocenters. The van der Waals surface area contributed by atoms with Gasteiger partial charge in [-0.05, 0) is 62.6 Å². The van der Waals surface area contributed by atoms with Crippen molar-refractivity contribution in [3.05, 3.63) is 53.2 Å². The molecule has 1 aliphatic rings. The molecule has 1 aliphatic heterocycles. The first-order chi connectivity index (χ1) is 11.6. The molecule has 2 aromatic rings. The summed E-state index contributed by atoms with van der Waals surface area (Å²) in [7, 11) is 0. The van der Waals surface area contributed by atoms with Crippen LogP contribution in [0.5, 0.6) is 0 Å². The fourth-order valence-electron chi connectivity index (χ4n) is 2.32. The minimum Gasteiger partial charge on any atom is -0.313 e. The van der Waals surface area contributed by atoms with Crippen LogP contribution in [-0.4, -0.2) is 24.0 Å². The van der Waals surface area contributed by atoms with Crippen molar-refractivity contribution in [1.82, 2.24) is 4.98 Å². The lowest BCUT2D eigenvalue weighted by atomic mass is 10.1. The number of nitrogens with zero attached hydrogens (tertiary/aromatic N) is 2. The van der Waals surface area contributed by atoms with E-state index in [1.165, 1.54) is 6.42 Å². The third kappa shape index (κ3) is 5.51. The van der Waals surface area contributed by atoms with E-state index in [1.807, 2.05) is 42.3 Å². The third-order valence-corrected chi connectivity index (χ3v) is 3.85. The first-order valence-electron chi connectivity index (χ1n) is 7.90. The van der Waals surface area contributed by atoms with Crippen LogP contribution in [0, 0.1) is 6.92 Å². The minimum atomic E-state index is 0.449. The van der Waals surface area contributed by atoms with E-state index in [2.05, 4.69) is 17.2 Å². The number of aryl methyl sites for hydroxylation is 1. The lowest BCUT2D eigenvalue weighted by Crippen LogP contribution is -2.37. The predicted molar refractivity (Wildman–Crippen MR) is 97.2 cm³/mol. The molecule has 1 aromatic heterocycles. The van der Waals surface area contributed by atoms with Crippen LogP contribution < -0.4 is 10.4 Å². The Bertz CT molecular complexity index is 632. The highest BCUT2D eigenvalue weighted by Crippen LogP contribution is 2.24. The largest absolute Gasteiger partial charge is 0.313 e. The number of aromatic nitrogens is 1. The number of rotatable bonds is 3. The zero-order valence-electron chi connectivity index (χ0n) is 13.9. The molecule has 24 heavy (non-hydrogen) atoms. The SMILES string of the molecule is CC1CCCON1c1ccc(Cl)cc1.Cc1ccc(NC=O)nc1. The number of hydrogen-bond donors (Lipinski definition) is 1. The van der Waals surface area contributed by atoms with Crippen LogP contribution in [0.2, 0.25) is 5.02 Å². The summed E-state index contributed by atoms with van der Waals surface area (Å²) < 4.78 is 0. The Balaban J connectivity index is 0.000000185. The van der Waals surface area contributed by atoms with Gasteiger partial charge in [-0.1, -0.05) is 17.7 Å². The molecule has 6 heteroatoms. The van der Waals surface area contributed by atoms with Gasteiger partial charge in [-0.2, -0.15) is 0 Å². The molecular formula is C18H22ClN3O2. The molecule has 3 rings (SSSR count). The Morgan fingerprint density at radius 1 is 1.29 bits per heavy atom. The number of benzene rings is 1. The minimum absolute atomic E-state index is 0.449. The van der Waals surface area contributed by atoms with Gasteiger partial charge in [0.05, 0.1) is 18.3 Å². The van der Waals surface area contributed by atoms with E-state index in [9.17, 15) is 4.79 Å². The van der Waals surface area contributed by atoms with Gasteiger partial charge in [0.15, 0.2) is 0 Å². The van der Waals surface area contributed by atoms with Crippen LogP contribution in [0.1, 0.15) is 25.3 Å². The van der Waals surface area contributed by atoms with Gasteiger partial charge in [-0.15, -0.1) is 0 Å². The summed E-state index contributed by atoms with van der Waals surface area (Å²) in [4.78, 5) is 19.4. The van der Waals surface area contributed by atoms with Crippen molar-refractivity contribution in [2.45, 2.75) is 32.7 Å². The second kappa shape index (κ2) is 9.25. The number of hydroxylamine groups is 1. The molecule has 128 valence electrons. The Hall–Kier alpha value is -2.11. The molecule has 1 fully saturated rings. The summed E-state index contributed by atoms with van der Waals surface area (Å²) in [5.41, 5.74) is 2.16. The van der Waals surface area contributed by atoms with Gasteiger partial charge in [0.1, 0.15) is 5.82 Å². The van der Waals surface area contributed by atoms with E-state index in [-0.39, 0.29) is 0 Å². The highest BCUT2D eigenvalue weighted by Gasteiger charge is 2.19. The van der Waals surface area contributed by atoms with Gasteiger partial charge >= 0.3 is 0 Å². The lowest BCUT2D eigenvalue weighted by Gasteiger charge is -2.34. The molecule has 0 saturated carbocycles. The van der Waals surface area contributed by atoms with Crippen molar-refractivity contribution < 1.29 is 9.63 Å². The Morgan fingerprint density at radius 3 is 2.62 bits per heavy atom. The summed E-state index contributed by atoms with van der Waals surface area (Å²) in [6.45, 7) is 4.93. The Kier molecular flexibility index (Phi) is 7.03. The van der Waals surface area contributed by atoms with Crippen LogP contribution in [0.4, 0.5) is 11.5 Å². The van der Waals surface area contributed by atoms with Crippen LogP contribution >= 0.6 is 11.6 Å². The van der Waals surface area contributed by atoms with Gasteiger partial charge in [0.2, 0.25) is 6.41 Å². The highest BCUT2D eigenvalue weighted by molar-refractivity contribution is 6.30. The number of carbonyl (C=O) groups excluding carboxylic acids is 1. The van der Waals surface area contributed by atoms with Crippen LogP contribution in [0.15, 0.2) is 42.6 Å². The van der Waals surface area contributed by atoms with Crippen LogP contribution in [0.25, 0.3) is 0 Å². The average molecular weight is 348 g/mol. The zero-order valence-corrected chi connectivity index (χ0v) is 14.7. The molecule has 0 bridgehead atoms. The molecule has 1 N–H and O–H groups in total. The highest BCUT2D eigenvalue weighted by atomic mass is 35.5. The van der Waals surface area contributed by atoms with Gasteiger partial charge in [-0.25, -0.2) is 4.98 Å². The summed E-state index contributed by atoms with van der Waals surface area (Å²) >= 11 is 5.83. The number of pyridine rings is 1. The van der Waals surface area contributed by atoms with Gasteiger partial charge in [0.25, 0.3) is 0 Å². The van der Waals surface area contributed by atoms with Gasteiger partial charge in [-0.3, -0.25) is 14.7 Å². The molecule has 1 aromatic carbocycles. The molecule has 0 spiro atoms. The number of halogens is 1. The molecule has 0 aliphatic carbocycles. The normalized spacial score (nSPS) is 16.8. The molecule has 2 heterocycles. The first kappa shape index (κ1) is 18.2. The Morgan fingerprint density at radius 2 is 2.04 bits per heavy atom. The van der Waals surface area contributed by atoms with E-state index in [4.69, 9.17) is 16.4 Å². The maximum atomic E-state index is 9.91. The number of anilines is 2. The number of hydrogen-bond acceptors (Lipinski definition) is 4. The van der Waals surface area contributed by atoms with Crippen molar-refractivity contribution in [2.75, 3.05) is 17.0 Å². The second-order valence-electron chi connectivity index (χ2n) is 5.61. The van der Waals surface area contributed by atoms with Crippen molar-refractivity contribution in [1.29, 1.82) is 0 Å². The standard InChI is InChI=1S/C11H14ClNO.C7H8N2O/c1-9-3-2-8-14-13(9)11-6-4-10(12)5-7-11;1-6-2-3-7(8-4-6)9-5-10/h4-7,9H,2-3,8H2,1H3;2-5H,1H3,(H,8,9,10). The van der Waals surface area contributed by atoms with Crippen LogP contribution in [0.3, 0.4) is 0 Å². The van der Waals surface area contributed by atoms with Gasteiger partial charge < -0.3 is 5.32 Å². The van der Waals surface area contributed by atoms with E-state index < -0.39 is 0 Å². The zero-order chi connectivity index (χ0) is 17.4. The van der Waals surface area contributed by atoms with E-state index >= 15 is 0 Å². The van der Waals surface area contributed by atoms with E-state index in [0.717, 1.165) is 29.3 Å². The second-order valence-corrected chi connectivity index (χ2v) is 6.05. The molecule has 0 radical (unpaired) electrons. The van der Waals surface area contributed by atoms with Gasteiger partial charge in [0, 0.05) is 11.2 Å². The summed E-state index contributed by atoms with van der Waals surface area (Å²) in [6.07, 6.45) is 4.64. The molecule has 1 amide bonds. The monoisotopic (exact) mass is 347 g/mol. The predicted octanol–water partition coefficient (Wildman–Crippen LogP) is 4.22. The molecule has 1 unspecified atom stereocenters. The summed E-state index contributed by atoms with van der Waals surface area (Å²) in [5.74, 6) is 0.584. The van der Waals surface area contributed by atoms with Crippen molar-refractivity contribution in [2.24, 2.45) is 0 Å². The first-order valence-corrected chi connectivity index (χ1v) is 8.28. The van der Waals surface area contributed by atoms with Crippen molar-refractivity contribution in [3.8, 4) is 0 Å². The van der Waals surface area contributed by atoms with Crippen molar-refractivity contribution in [3.63, 3.8) is 0 Å². The lowest BCUT2D eigenvalue weighted by molar-refractivity contribution is -0.105. The fraction of sp³-hybridized carbons (Fsp3) is 0.333. The number of carbonyl (C=O) groups is 1. The van der Waals surface area contributed by atoms with Crippen molar-refractivity contribution >= 4 is 29.5 Å². The molecule has 1 saturated heterocycles. The van der Waals surface area contributed by atoms with Crippen LogP contribution in [-0.2, 0) is 9.63 Å². The Labute approximate surface area is 147 Å². The number of amides is 1. The van der Waals surface area contributed by atoms with E-state index in [1.54, 1.807) is 12.3 Å².